The van der Waals surface area contributed by atoms with Gasteiger partial charge in [0.25, 0.3) is 0 Å². The molecule has 0 saturated heterocycles. The van der Waals surface area contributed by atoms with E-state index in [1.807, 2.05) is 0 Å². The first kappa shape index (κ1) is 20.2. The molecule has 0 aliphatic heterocycles. The summed E-state index contributed by atoms with van der Waals surface area (Å²) in [5, 5.41) is 0. The number of alkyl halides is 2. The molecule has 0 atom stereocenters. The highest BCUT2D eigenvalue weighted by atomic mass is 19.3. The van der Waals surface area contributed by atoms with Crippen LogP contribution in [-0.2, 0) is 17.3 Å². The predicted octanol–water partition coefficient (Wildman–Crippen LogP) is 5.57. The van der Waals surface area contributed by atoms with Gasteiger partial charge in [0.1, 0.15) is 18.1 Å². The van der Waals surface area contributed by atoms with Crippen molar-refractivity contribution in [1.29, 1.82) is 0 Å². The Balaban J connectivity index is 1.94. The highest BCUT2D eigenvalue weighted by molar-refractivity contribution is 5.32. The summed E-state index contributed by atoms with van der Waals surface area (Å²) < 4.78 is 43.9. The van der Waals surface area contributed by atoms with Crippen LogP contribution in [-0.4, -0.2) is 20.3 Å². The lowest BCUT2D eigenvalue weighted by Crippen LogP contribution is -2.21. The second-order valence-corrected chi connectivity index (χ2v) is 6.09. The SMILES string of the molecule is CCCCCc1ccc(C(F)(F)Oc2ccc(OCCOC)cc2)cc1. The standard InChI is InChI=1S/C21H26F2O3/c1-3-4-5-6-17-7-9-18(10-8-17)21(22,23)26-20-13-11-19(12-14-20)25-16-15-24-2/h7-14H,3-6,15-16H2,1-2H3. The number of benzene rings is 2. The zero-order valence-electron chi connectivity index (χ0n) is 15.3. The molecule has 0 aromatic heterocycles. The molecule has 0 spiro atoms. The maximum atomic E-state index is 14.4. The lowest BCUT2D eigenvalue weighted by atomic mass is 10.1. The van der Waals surface area contributed by atoms with Crippen molar-refractivity contribution in [1.82, 2.24) is 0 Å². The third kappa shape index (κ3) is 6.30. The number of ether oxygens (including phenoxy) is 3. The quantitative estimate of drug-likeness (QED) is 0.488. The van der Waals surface area contributed by atoms with Gasteiger partial charge in [0.05, 0.1) is 12.2 Å². The van der Waals surface area contributed by atoms with E-state index in [2.05, 4.69) is 6.92 Å². The second kappa shape index (κ2) is 10.1. The minimum absolute atomic E-state index is 0.0844. The first-order valence-corrected chi connectivity index (χ1v) is 8.93. The van der Waals surface area contributed by atoms with Gasteiger partial charge in [-0.15, -0.1) is 0 Å². The van der Waals surface area contributed by atoms with E-state index in [9.17, 15) is 8.78 Å². The molecule has 0 heterocycles. The largest absolute Gasteiger partial charge is 0.491 e. The van der Waals surface area contributed by atoms with Crippen molar-refractivity contribution in [2.45, 2.75) is 38.7 Å². The van der Waals surface area contributed by atoms with Gasteiger partial charge in [0, 0.05) is 7.11 Å². The molecule has 0 unspecified atom stereocenters. The summed E-state index contributed by atoms with van der Waals surface area (Å²) >= 11 is 0. The molecule has 0 N–H and O–H groups in total. The molecule has 3 nitrogen and oxygen atoms in total. The molecule has 0 bridgehead atoms. The molecule has 0 saturated carbocycles. The predicted molar refractivity (Wildman–Crippen MR) is 98.0 cm³/mol. The van der Waals surface area contributed by atoms with Crippen LogP contribution < -0.4 is 9.47 Å². The average Bonchev–Trinajstić information content (AvgIpc) is 2.64. The average molecular weight is 364 g/mol. The van der Waals surface area contributed by atoms with Gasteiger partial charge in [-0.25, -0.2) is 0 Å². The molecule has 0 aliphatic rings. The van der Waals surface area contributed by atoms with Gasteiger partial charge in [0.15, 0.2) is 0 Å². The Morgan fingerprint density at radius 1 is 0.846 bits per heavy atom. The van der Waals surface area contributed by atoms with Gasteiger partial charge >= 0.3 is 6.11 Å². The Labute approximate surface area is 153 Å². The fourth-order valence-electron chi connectivity index (χ4n) is 2.50. The van der Waals surface area contributed by atoms with Crippen molar-refractivity contribution in [3.8, 4) is 11.5 Å². The molecule has 0 fully saturated rings. The highest BCUT2D eigenvalue weighted by Gasteiger charge is 2.34. The van der Waals surface area contributed by atoms with E-state index in [1.54, 1.807) is 31.4 Å². The van der Waals surface area contributed by atoms with E-state index in [4.69, 9.17) is 14.2 Å². The summed E-state index contributed by atoms with van der Waals surface area (Å²) in [6.45, 7) is 3.00. The zero-order valence-corrected chi connectivity index (χ0v) is 15.3. The molecule has 0 radical (unpaired) electrons. The highest BCUT2D eigenvalue weighted by Crippen LogP contribution is 2.32. The Morgan fingerprint density at radius 2 is 1.50 bits per heavy atom. The lowest BCUT2D eigenvalue weighted by molar-refractivity contribution is -0.185. The fraction of sp³-hybridized carbons (Fsp3) is 0.429. The van der Waals surface area contributed by atoms with Crippen molar-refractivity contribution < 1.29 is 23.0 Å². The number of hydrogen-bond donors (Lipinski definition) is 0. The number of hydrogen-bond acceptors (Lipinski definition) is 3. The van der Waals surface area contributed by atoms with E-state index < -0.39 is 6.11 Å². The normalized spacial score (nSPS) is 11.4. The van der Waals surface area contributed by atoms with Crippen molar-refractivity contribution in [3.05, 3.63) is 59.7 Å². The van der Waals surface area contributed by atoms with Crippen LogP contribution >= 0.6 is 0 Å². The van der Waals surface area contributed by atoms with E-state index in [1.165, 1.54) is 24.3 Å². The Bertz CT molecular complexity index is 639. The third-order valence-electron chi connectivity index (χ3n) is 3.98. The monoisotopic (exact) mass is 364 g/mol. The minimum atomic E-state index is -3.39. The smallest absolute Gasteiger partial charge is 0.426 e. The number of rotatable bonds is 11. The molecular weight excluding hydrogens is 338 g/mol. The van der Waals surface area contributed by atoms with Gasteiger partial charge in [-0.3, -0.25) is 0 Å². The van der Waals surface area contributed by atoms with Crippen LogP contribution in [0.1, 0.15) is 37.3 Å². The van der Waals surface area contributed by atoms with Gasteiger partial charge in [0.2, 0.25) is 0 Å². The van der Waals surface area contributed by atoms with Gasteiger partial charge in [-0.1, -0.05) is 31.9 Å². The molecule has 2 rings (SSSR count). The Hall–Kier alpha value is -2.14. The number of halogens is 2. The van der Waals surface area contributed by atoms with Crippen molar-refractivity contribution in [2.24, 2.45) is 0 Å². The summed E-state index contributed by atoms with van der Waals surface area (Å²) in [6.07, 6.45) is 0.874. The molecule has 2 aromatic rings. The van der Waals surface area contributed by atoms with E-state index in [0.29, 0.717) is 19.0 Å². The summed E-state index contributed by atoms with van der Waals surface area (Å²) in [7, 11) is 1.58. The number of methoxy groups -OCH3 is 1. The summed E-state index contributed by atoms with van der Waals surface area (Å²) in [4.78, 5) is 0. The number of aryl methyl sites for hydroxylation is 1. The zero-order chi connectivity index (χ0) is 18.8. The lowest BCUT2D eigenvalue weighted by Gasteiger charge is -2.19. The summed E-state index contributed by atoms with van der Waals surface area (Å²) in [6, 6.07) is 12.5. The van der Waals surface area contributed by atoms with E-state index >= 15 is 0 Å². The molecule has 5 heteroatoms. The van der Waals surface area contributed by atoms with Gasteiger partial charge < -0.3 is 14.2 Å². The maximum Gasteiger partial charge on any atom is 0.426 e. The summed E-state index contributed by atoms with van der Waals surface area (Å²) in [5.74, 6) is 0.662. The minimum Gasteiger partial charge on any atom is -0.491 e. The van der Waals surface area contributed by atoms with Crippen LogP contribution in [0, 0.1) is 0 Å². The second-order valence-electron chi connectivity index (χ2n) is 6.09. The maximum absolute atomic E-state index is 14.4. The van der Waals surface area contributed by atoms with E-state index in [0.717, 1.165) is 31.2 Å². The van der Waals surface area contributed by atoms with Crippen LogP contribution in [0.25, 0.3) is 0 Å². The van der Waals surface area contributed by atoms with Crippen molar-refractivity contribution >= 4 is 0 Å². The first-order chi connectivity index (χ1) is 12.5. The third-order valence-corrected chi connectivity index (χ3v) is 3.98. The summed E-state index contributed by atoms with van der Waals surface area (Å²) in [5.41, 5.74) is 0.910. The van der Waals surface area contributed by atoms with Crippen LogP contribution in [0.15, 0.2) is 48.5 Å². The van der Waals surface area contributed by atoms with Gasteiger partial charge in [-0.05, 0) is 54.8 Å². The van der Waals surface area contributed by atoms with Crippen LogP contribution in [0.2, 0.25) is 0 Å². The van der Waals surface area contributed by atoms with Crippen LogP contribution in [0.5, 0.6) is 11.5 Å². The van der Waals surface area contributed by atoms with Crippen molar-refractivity contribution in [2.75, 3.05) is 20.3 Å². The first-order valence-electron chi connectivity index (χ1n) is 8.93. The molecule has 26 heavy (non-hydrogen) atoms. The molecular formula is C21H26F2O3. The Kier molecular flexibility index (Phi) is 7.85. The molecule has 2 aromatic carbocycles. The molecule has 142 valence electrons. The van der Waals surface area contributed by atoms with Gasteiger partial charge in [-0.2, -0.15) is 8.78 Å². The number of unbranched alkanes of at least 4 members (excludes halogenated alkanes) is 2. The fourth-order valence-corrected chi connectivity index (χ4v) is 2.50. The Morgan fingerprint density at radius 3 is 2.12 bits per heavy atom. The topological polar surface area (TPSA) is 27.7 Å². The van der Waals surface area contributed by atoms with E-state index in [-0.39, 0.29) is 11.3 Å². The van der Waals surface area contributed by atoms with Crippen LogP contribution in [0.4, 0.5) is 8.78 Å². The van der Waals surface area contributed by atoms with Crippen molar-refractivity contribution in [3.63, 3.8) is 0 Å². The van der Waals surface area contributed by atoms with Crippen LogP contribution in [0.3, 0.4) is 0 Å². The molecule has 0 amide bonds. The molecule has 0 aliphatic carbocycles.